The van der Waals surface area contributed by atoms with Crippen LogP contribution in [0.15, 0.2) is 54.7 Å². The molecule has 1 fully saturated rings. The minimum Gasteiger partial charge on any atom is -0.317 e. The van der Waals surface area contributed by atoms with Crippen LogP contribution in [-0.2, 0) is 6.54 Å². The Hall–Kier alpha value is -2.99. The molecular weight excluding hydrogens is 338 g/mol. The lowest BCUT2D eigenvalue weighted by Crippen LogP contribution is -2.34. The molecule has 0 saturated carbocycles. The Balaban J connectivity index is 1.48. The normalized spacial score (nSPS) is 16.7. The predicted molar refractivity (Wildman–Crippen MR) is 104 cm³/mol. The van der Waals surface area contributed by atoms with Gasteiger partial charge in [0.05, 0.1) is 24.5 Å². The molecule has 1 aromatic heterocycles. The summed E-state index contributed by atoms with van der Waals surface area (Å²) in [4.78, 5) is 16.8. The molecule has 0 bridgehead atoms. The lowest BCUT2D eigenvalue weighted by Gasteiger charge is -2.30. The largest absolute Gasteiger partial charge is 0.317 e. The summed E-state index contributed by atoms with van der Waals surface area (Å²) in [5.41, 5.74) is 4.75. The van der Waals surface area contributed by atoms with Gasteiger partial charge in [0.1, 0.15) is 0 Å². The number of carbonyl (C=O) groups excluding carboxylic acids is 1. The number of hydrogen-bond donors (Lipinski definition) is 1. The molecule has 2 aliphatic heterocycles. The van der Waals surface area contributed by atoms with Gasteiger partial charge in [-0.3, -0.25) is 4.79 Å². The molecule has 3 heterocycles. The molecule has 0 atom stereocenters. The Morgan fingerprint density at radius 3 is 2.59 bits per heavy atom. The number of amides is 1. The molecule has 5 rings (SSSR count). The van der Waals surface area contributed by atoms with Crippen molar-refractivity contribution in [3.8, 4) is 11.1 Å². The van der Waals surface area contributed by atoms with Crippen molar-refractivity contribution in [1.29, 1.82) is 0 Å². The number of carbonyl (C=O) groups is 1. The van der Waals surface area contributed by atoms with Gasteiger partial charge in [0, 0.05) is 5.56 Å². The van der Waals surface area contributed by atoms with Crippen molar-refractivity contribution in [3.63, 3.8) is 0 Å². The second kappa shape index (κ2) is 6.63. The molecule has 0 spiro atoms. The van der Waals surface area contributed by atoms with Crippen LogP contribution in [0.2, 0.25) is 0 Å². The fraction of sp³-hybridized carbons (Fsp3) is 0.286. The molecule has 0 unspecified atom stereocenters. The van der Waals surface area contributed by atoms with Gasteiger partial charge < -0.3 is 10.2 Å². The lowest BCUT2D eigenvalue weighted by atomic mass is 9.93. The smallest absolute Gasteiger partial charge is 0.280 e. The van der Waals surface area contributed by atoms with Crippen LogP contribution >= 0.6 is 0 Å². The standard InChI is InChI=1S/C21H21N5O/c27-21(19-13-23-26(24-19)16-9-11-22-12-10-16)25-14-15-5-1-2-6-17(15)18-7-3-4-8-20(18)25/h1-8,13,16,22H,9-12,14H2. The van der Waals surface area contributed by atoms with Gasteiger partial charge in [0.25, 0.3) is 5.91 Å². The Bertz CT molecular complexity index is 989. The fourth-order valence-corrected chi connectivity index (χ4v) is 4.02. The number of rotatable bonds is 2. The third-order valence-corrected chi connectivity index (χ3v) is 5.44. The van der Waals surface area contributed by atoms with E-state index in [-0.39, 0.29) is 11.9 Å². The van der Waals surface area contributed by atoms with Gasteiger partial charge in [0.15, 0.2) is 5.69 Å². The van der Waals surface area contributed by atoms with Crippen molar-refractivity contribution >= 4 is 11.6 Å². The first kappa shape index (κ1) is 16.2. The minimum absolute atomic E-state index is 0.0999. The molecule has 6 heteroatoms. The second-order valence-corrected chi connectivity index (χ2v) is 7.10. The topological polar surface area (TPSA) is 63.1 Å². The summed E-state index contributed by atoms with van der Waals surface area (Å²) in [5.74, 6) is -0.0999. The molecule has 1 amide bonds. The van der Waals surface area contributed by atoms with E-state index in [0.717, 1.165) is 42.7 Å². The van der Waals surface area contributed by atoms with Gasteiger partial charge in [-0.1, -0.05) is 42.5 Å². The highest BCUT2D eigenvalue weighted by atomic mass is 16.2. The lowest BCUT2D eigenvalue weighted by molar-refractivity contribution is 0.0978. The van der Waals surface area contributed by atoms with E-state index in [9.17, 15) is 4.79 Å². The Morgan fingerprint density at radius 1 is 1.00 bits per heavy atom. The van der Waals surface area contributed by atoms with Crippen LogP contribution in [0, 0.1) is 0 Å². The molecule has 3 aromatic rings. The van der Waals surface area contributed by atoms with Gasteiger partial charge in [0.2, 0.25) is 0 Å². The first-order valence-corrected chi connectivity index (χ1v) is 9.43. The zero-order valence-electron chi connectivity index (χ0n) is 15.0. The Labute approximate surface area is 157 Å². The summed E-state index contributed by atoms with van der Waals surface area (Å²) in [6.45, 7) is 2.48. The summed E-state index contributed by atoms with van der Waals surface area (Å²) in [7, 11) is 0. The molecule has 2 aromatic carbocycles. The van der Waals surface area contributed by atoms with Gasteiger partial charge in [-0.05, 0) is 43.1 Å². The molecule has 27 heavy (non-hydrogen) atoms. The van der Waals surface area contributed by atoms with E-state index in [1.807, 2.05) is 35.2 Å². The number of hydrogen-bond acceptors (Lipinski definition) is 4. The predicted octanol–water partition coefficient (Wildman–Crippen LogP) is 3.03. The summed E-state index contributed by atoms with van der Waals surface area (Å²) in [6, 6.07) is 16.6. The number of piperidine rings is 1. The molecule has 0 radical (unpaired) electrons. The maximum absolute atomic E-state index is 13.3. The van der Waals surface area contributed by atoms with Crippen molar-refractivity contribution in [2.75, 3.05) is 18.0 Å². The SMILES string of the molecule is O=C(c1cnn(C2CCNCC2)n1)N1Cc2ccccc2-c2ccccc21. The van der Waals surface area contributed by atoms with Crippen molar-refractivity contribution in [1.82, 2.24) is 20.3 Å². The van der Waals surface area contributed by atoms with Crippen LogP contribution in [0.25, 0.3) is 11.1 Å². The maximum atomic E-state index is 13.3. The molecule has 136 valence electrons. The van der Waals surface area contributed by atoms with Gasteiger partial charge in [-0.15, -0.1) is 5.10 Å². The highest BCUT2D eigenvalue weighted by Crippen LogP contribution is 2.39. The number of nitrogens with one attached hydrogen (secondary N) is 1. The van der Waals surface area contributed by atoms with E-state index in [4.69, 9.17) is 0 Å². The van der Waals surface area contributed by atoms with Crippen LogP contribution in [0.1, 0.15) is 34.9 Å². The average Bonchev–Trinajstić information content (AvgIpc) is 3.24. The minimum atomic E-state index is -0.0999. The Morgan fingerprint density at radius 2 is 1.74 bits per heavy atom. The fourth-order valence-electron chi connectivity index (χ4n) is 4.02. The van der Waals surface area contributed by atoms with Crippen molar-refractivity contribution in [2.45, 2.75) is 25.4 Å². The summed E-state index contributed by atoms with van der Waals surface area (Å²) in [6.07, 6.45) is 3.58. The number of benzene rings is 2. The van der Waals surface area contributed by atoms with E-state index in [0.29, 0.717) is 12.2 Å². The molecule has 0 aliphatic carbocycles. The maximum Gasteiger partial charge on any atom is 0.280 e. The quantitative estimate of drug-likeness (QED) is 0.764. The van der Waals surface area contributed by atoms with Gasteiger partial charge >= 0.3 is 0 Å². The number of nitrogens with zero attached hydrogens (tertiary/aromatic N) is 4. The Kier molecular flexibility index (Phi) is 3.98. The molecule has 6 nitrogen and oxygen atoms in total. The summed E-state index contributed by atoms with van der Waals surface area (Å²) >= 11 is 0. The molecule has 1 N–H and O–H groups in total. The molecule has 2 aliphatic rings. The number of anilines is 1. The zero-order valence-corrected chi connectivity index (χ0v) is 15.0. The number of para-hydroxylation sites is 1. The summed E-state index contributed by atoms with van der Waals surface area (Å²) in [5, 5.41) is 12.3. The van der Waals surface area contributed by atoms with E-state index < -0.39 is 0 Å². The van der Waals surface area contributed by atoms with Crippen LogP contribution < -0.4 is 10.2 Å². The summed E-state index contributed by atoms with van der Waals surface area (Å²) < 4.78 is 0. The van der Waals surface area contributed by atoms with Crippen LogP contribution in [0.3, 0.4) is 0 Å². The highest BCUT2D eigenvalue weighted by molar-refractivity contribution is 6.08. The van der Waals surface area contributed by atoms with E-state index in [2.05, 4.69) is 33.7 Å². The monoisotopic (exact) mass is 359 g/mol. The van der Waals surface area contributed by atoms with Crippen molar-refractivity contribution in [3.05, 3.63) is 66.0 Å². The van der Waals surface area contributed by atoms with Crippen LogP contribution in [0.4, 0.5) is 5.69 Å². The molecular formula is C21H21N5O. The van der Waals surface area contributed by atoms with Gasteiger partial charge in [-0.2, -0.15) is 9.90 Å². The van der Waals surface area contributed by atoms with E-state index in [1.165, 1.54) is 5.56 Å². The van der Waals surface area contributed by atoms with E-state index in [1.54, 1.807) is 11.0 Å². The van der Waals surface area contributed by atoms with Gasteiger partial charge in [-0.25, -0.2) is 0 Å². The van der Waals surface area contributed by atoms with E-state index >= 15 is 0 Å². The first-order chi connectivity index (χ1) is 13.3. The van der Waals surface area contributed by atoms with Crippen molar-refractivity contribution < 1.29 is 4.79 Å². The molecule has 1 saturated heterocycles. The third kappa shape index (κ3) is 2.82. The highest BCUT2D eigenvalue weighted by Gasteiger charge is 2.29. The average molecular weight is 359 g/mol. The third-order valence-electron chi connectivity index (χ3n) is 5.44. The second-order valence-electron chi connectivity index (χ2n) is 7.10. The van der Waals surface area contributed by atoms with Crippen LogP contribution in [0.5, 0.6) is 0 Å². The number of aromatic nitrogens is 3. The van der Waals surface area contributed by atoms with Crippen molar-refractivity contribution in [2.24, 2.45) is 0 Å². The van der Waals surface area contributed by atoms with Crippen LogP contribution in [-0.4, -0.2) is 34.0 Å². The zero-order chi connectivity index (χ0) is 18.2. The number of fused-ring (bicyclic) bond motifs is 3. The first-order valence-electron chi connectivity index (χ1n) is 9.43.